The Hall–Kier alpha value is -2.90. The van der Waals surface area contributed by atoms with Crippen LogP contribution in [0.4, 0.5) is 13.2 Å². The van der Waals surface area contributed by atoms with Crippen LogP contribution >= 0.6 is 0 Å². The third-order valence-corrected chi connectivity index (χ3v) is 3.79. The van der Waals surface area contributed by atoms with Gasteiger partial charge in [0.25, 0.3) is 5.56 Å². The highest BCUT2D eigenvalue weighted by Crippen LogP contribution is 2.33. The van der Waals surface area contributed by atoms with Gasteiger partial charge < -0.3 is 0 Å². The minimum absolute atomic E-state index is 0.0289. The lowest BCUT2D eigenvalue weighted by Gasteiger charge is -2.14. The van der Waals surface area contributed by atoms with E-state index in [4.69, 9.17) is 0 Å². The number of benzene rings is 1. The van der Waals surface area contributed by atoms with E-state index >= 15 is 0 Å². The maximum atomic E-state index is 13.2. The molecule has 0 aliphatic heterocycles. The zero-order valence-corrected chi connectivity index (χ0v) is 12.8. The van der Waals surface area contributed by atoms with Crippen molar-refractivity contribution < 1.29 is 13.2 Å². The normalized spacial score (nSPS) is 11.9. The van der Waals surface area contributed by atoms with Gasteiger partial charge in [0.15, 0.2) is 5.65 Å². The summed E-state index contributed by atoms with van der Waals surface area (Å²) in [6.07, 6.45) is -4.70. The van der Waals surface area contributed by atoms with E-state index in [1.165, 1.54) is 14.1 Å². The van der Waals surface area contributed by atoms with E-state index in [1.807, 2.05) is 0 Å². The maximum absolute atomic E-state index is 13.2. The Morgan fingerprint density at radius 3 is 2.21 bits per heavy atom. The third-order valence-electron chi connectivity index (χ3n) is 3.79. The lowest BCUT2D eigenvalue weighted by molar-refractivity contribution is -0.140. The van der Waals surface area contributed by atoms with Crippen molar-refractivity contribution in [2.45, 2.75) is 6.18 Å². The largest absolute Gasteiger partial charge is 0.433 e. The van der Waals surface area contributed by atoms with Gasteiger partial charge in [0.05, 0.1) is 5.39 Å². The zero-order chi connectivity index (χ0) is 17.6. The summed E-state index contributed by atoms with van der Waals surface area (Å²) in [7, 11) is 2.56. The number of pyridine rings is 1. The molecule has 0 unspecified atom stereocenters. The molecule has 3 aromatic rings. The SMILES string of the molecule is Cn1c(=O)c2c(-c3ccccc3)cc(C(F)(F)F)nc2n(C)c1=O. The number of hydrogen-bond acceptors (Lipinski definition) is 3. The second kappa shape index (κ2) is 5.33. The van der Waals surface area contributed by atoms with Gasteiger partial charge in [0.2, 0.25) is 0 Å². The predicted octanol–water partition coefficient (Wildman–Crippen LogP) is 2.32. The summed E-state index contributed by atoms with van der Waals surface area (Å²) in [5.41, 5.74) is -2.35. The lowest BCUT2D eigenvalue weighted by atomic mass is 10.0. The molecule has 0 bridgehead atoms. The van der Waals surface area contributed by atoms with E-state index in [9.17, 15) is 22.8 Å². The van der Waals surface area contributed by atoms with Crippen molar-refractivity contribution in [2.24, 2.45) is 14.1 Å². The van der Waals surface area contributed by atoms with Crippen molar-refractivity contribution >= 4 is 11.0 Å². The number of alkyl halides is 3. The molecule has 8 heteroatoms. The van der Waals surface area contributed by atoms with Crippen molar-refractivity contribution in [3.8, 4) is 11.1 Å². The molecule has 0 saturated carbocycles. The first-order valence-corrected chi connectivity index (χ1v) is 6.95. The summed E-state index contributed by atoms with van der Waals surface area (Å²) in [5, 5.41) is -0.0289. The van der Waals surface area contributed by atoms with E-state index in [2.05, 4.69) is 4.98 Å². The molecule has 24 heavy (non-hydrogen) atoms. The fraction of sp³-hybridized carbons (Fsp3) is 0.188. The minimum atomic E-state index is -4.70. The average molecular weight is 335 g/mol. The smallest absolute Gasteiger partial charge is 0.280 e. The quantitative estimate of drug-likeness (QED) is 0.686. The Kier molecular flexibility index (Phi) is 3.55. The van der Waals surface area contributed by atoms with Crippen LogP contribution in [0.2, 0.25) is 0 Å². The molecule has 0 aliphatic rings. The topological polar surface area (TPSA) is 56.9 Å². The molecule has 0 saturated heterocycles. The van der Waals surface area contributed by atoms with Crippen LogP contribution in [-0.4, -0.2) is 14.1 Å². The molecule has 5 nitrogen and oxygen atoms in total. The number of hydrogen-bond donors (Lipinski definition) is 0. The highest BCUT2D eigenvalue weighted by Gasteiger charge is 2.34. The van der Waals surface area contributed by atoms with Gasteiger partial charge in [0.1, 0.15) is 5.69 Å². The Bertz CT molecular complexity index is 1050. The van der Waals surface area contributed by atoms with E-state index in [0.29, 0.717) is 5.56 Å². The highest BCUT2D eigenvalue weighted by atomic mass is 19.4. The summed E-state index contributed by atoms with van der Waals surface area (Å²) in [6, 6.07) is 9.05. The van der Waals surface area contributed by atoms with E-state index in [1.54, 1.807) is 30.3 Å². The first kappa shape index (κ1) is 16.0. The minimum Gasteiger partial charge on any atom is -0.280 e. The van der Waals surface area contributed by atoms with Crippen LogP contribution in [0.25, 0.3) is 22.2 Å². The van der Waals surface area contributed by atoms with Crippen LogP contribution in [-0.2, 0) is 20.3 Å². The Morgan fingerprint density at radius 1 is 1.00 bits per heavy atom. The fourth-order valence-corrected chi connectivity index (χ4v) is 2.55. The van der Waals surface area contributed by atoms with Gasteiger partial charge in [-0.25, -0.2) is 9.78 Å². The maximum Gasteiger partial charge on any atom is 0.433 e. The van der Waals surface area contributed by atoms with Crippen LogP contribution in [0.5, 0.6) is 0 Å². The molecule has 0 aliphatic carbocycles. The molecule has 0 fully saturated rings. The zero-order valence-electron chi connectivity index (χ0n) is 12.8. The van der Waals surface area contributed by atoms with Crippen molar-refractivity contribution in [1.29, 1.82) is 0 Å². The molecule has 0 amide bonds. The van der Waals surface area contributed by atoms with E-state index in [0.717, 1.165) is 15.2 Å². The predicted molar refractivity (Wildman–Crippen MR) is 82.7 cm³/mol. The van der Waals surface area contributed by atoms with Crippen LogP contribution in [0.1, 0.15) is 5.69 Å². The molecule has 0 spiro atoms. The summed E-state index contributed by atoms with van der Waals surface area (Å²) in [6.45, 7) is 0. The number of fused-ring (bicyclic) bond motifs is 1. The number of aryl methyl sites for hydroxylation is 1. The monoisotopic (exact) mass is 335 g/mol. The van der Waals surface area contributed by atoms with E-state index < -0.39 is 23.1 Å². The summed E-state index contributed by atoms with van der Waals surface area (Å²) in [4.78, 5) is 28.0. The number of halogens is 3. The molecule has 0 N–H and O–H groups in total. The Balaban J connectivity index is 2.58. The number of rotatable bonds is 1. The molecule has 3 rings (SSSR count). The lowest BCUT2D eigenvalue weighted by Crippen LogP contribution is -2.37. The summed E-state index contributed by atoms with van der Waals surface area (Å²) in [5.74, 6) is 0. The van der Waals surface area contributed by atoms with Crippen LogP contribution in [0.15, 0.2) is 46.0 Å². The van der Waals surface area contributed by atoms with Crippen LogP contribution in [0.3, 0.4) is 0 Å². The molecule has 0 radical (unpaired) electrons. The first-order chi connectivity index (χ1) is 11.2. The summed E-state index contributed by atoms with van der Waals surface area (Å²) >= 11 is 0. The molecule has 2 aromatic heterocycles. The standard InChI is InChI=1S/C16H12F3N3O2/c1-21-13-12(14(23)22(2)15(21)24)10(9-6-4-3-5-7-9)8-11(20-13)16(17,18)19/h3-8H,1-2H3. The third kappa shape index (κ3) is 2.40. The van der Waals surface area contributed by atoms with Gasteiger partial charge in [-0.15, -0.1) is 0 Å². The second-order valence-electron chi connectivity index (χ2n) is 5.32. The van der Waals surface area contributed by atoms with Crippen LogP contribution < -0.4 is 11.2 Å². The molecule has 2 heterocycles. The van der Waals surface area contributed by atoms with Crippen molar-refractivity contribution in [2.75, 3.05) is 0 Å². The van der Waals surface area contributed by atoms with Crippen molar-refractivity contribution in [3.05, 3.63) is 62.9 Å². The Labute approximate surface area is 133 Å². The molecule has 1 aromatic carbocycles. The molecule has 0 atom stereocenters. The highest BCUT2D eigenvalue weighted by molar-refractivity contribution is 5.92. The second-order valence-corrected chi connectivity index (χ2v) is 5.32. The van der Waals surface area contributed by atoms with Gasteiger partial charge in [-0.2, -0.15) is 13.2 Å². The van der Waals surface area contributed by atoms with Crippen LogP contribution in [0, 0.1) is 0 Å². The molecular formula is C16H12F3N3O2. The fourth-order valence-electron chi connectivity index (χ4n) is 2.55. The average Bonchev–Trinajstić information content (AvgIpc) is 2.56. The van der Waals surface area contributed by atoms with Crippen molar-refractivity contribution in [3.63, 3.8) is 0 Å². The van der Waals surface area contributed by atoms with Gasteiger partial charge >= 0.3 is 11.9 Å². The number of nitrogens with zero attached hydrogens (tertiary/aromatic N) is 3. The summed E-state index contributed by atoms with van der Waals surface area (Å²) < 4.78 is 41.4. The first-order valence-electron chi connectivity index (χ1n) is 6.95. The van der Waals surface area contributed by atoms with Crippen molar-refractivity contribution in [1.82, 2.24) is 14.1 Å². The van der Waals surface area contributed by atoms with Gasteiger partial charge in [-0.1, -0.05) is 30.3 Å². The molecule has 124 valence electrons. The molecular weight excluding hydrogens is 323 g/mol. The Morgan fingerprint density at radius 2 is 1.62 bits per heavy atom. The van der Waals surface area contributed by atoms with Gasteiger partial charge in [-0.05, 0) is 11.6 Å². The van der Waals surface area contributed by atoms with E-state index in [-0.39, 0.29) is 16.6 Å². The van der Waals surface area contributed by atoms with Gasteiger partial charge in [0, 0.05) is 19.7 Å². The number of aromatic nitrogens is 3. The van der Waals surface area contributed by atoms with Gasteiger partial charge in [-0.3, -0.25) is 13.9 Å².